The Morgan fingerprint density at radius 1 is 1.31 bits per heavy atom. The Labute approximate surface area is 78.8 Å². The monoisotopic (exact) mass is 177 g/mol. The predicted octanol–water partition coefficient (Wildman–Crippen LogP) is 2.04. The van der Waals surface area contributed by atoms with Gasteiger partial charge in [0.2, 0.25) is 0 Å². The summed E-state index contributed by atoms with van der Waals surface area (Å²) in [5.41, 5.74) is 1.60. The topological polar surface area (TPSA) is 23.5 Å². The van der Waals surface area contributed by atoms with E-state index in [1.807, 2.05) is 6.07 Å². The molecule has 1 aromatic rings. The molecule has 0 radical (unpaired) electrons. The lowest BCUT2D eigenvalue weighted by Crippen LogP contribution is -2.26. The Morgan fingerprint density at radius 2 is 1.92 bits per heavy atom. The molecule has 1 aliphatic carbocycles. The van der Waals surface area contributed by atoms with Crippen molar-refractivity contribution < 1.29 is 5.21 Å². The van der Waals surface area contributed by atoms with Gasteiger partial charge in [-0.15, -0.1) is 0 Å². The van der Waals surface area contributed by atoms with Crippen molar-refractivity contribution in [2.45, 2.75) is 18.3 Å². The quantitative estimate of drug-likeness (QED) is 0.714. The van der Waals surface area contributed by atoms with Crippen LogP contribution in [0.25, 0.3) is 0 Å². The van der Waals surface area contributed by atoms with Gasteiger partial charge in [0.25, 0.3) is 0 Å². The highest BCUT2D eigenvalue weighted by atomic mass is 16.5. The molecule has 1 aliphatic rings. The third-order valence-electron chi connectivity index (χ3n) is 2.77. The third kappa shape index (κ3) is 1.74. The van der Waals surface area contributed by atoms with Gasteiger partial charge in [0, 0.05) is 19.0 Å². The Hall–Kier alpha value is -0.860. The molecule has 0 unspecified atom stereocenters. The molecular weight excluding hydrogens is 162 g/mol. The molecule has 2 heteroatoms. The van der Waals surface area contributed by atoms with Gasteiger partial charge in [0.15, 0.2) is 0 Å². The van der Waals surface area contributed by atoms with Crippen LogP contribution < -0.4 is 0 Å². The highest BCUT2D eigenvalue weighted by Crippen LogP contribution is 2.48. The van der Waals surface area contributed by atoms with Crippen LogP contribution in [0, 0.1) is 0 Å². The molecule has 0 bridgehead atoms. The summed E-state index contributed by atoms with van der Waals surface area (Å²) in [7, 11) is 1.71. The highest BCUT2D eigenvalue weighted by Gasteiger charge is 2.44. The molecule has 2 nitrogen and oxygen atoms in total. The predicted molar refractivity (Wildman–Crippen MR) is 51.8 cm³/mol. The van der Waals surface area contributed by atoms with Gasteiger partial charge in [0.05, 0.1) is 0 Å². The molecule has 0 atom stereocenters. The number of nitrogens with zero attached hydrogens (tertiary/aromatic N) is 1. The van der Waals surface area contributed by atoms with E-state index < -0.39 is 0 Å². The summed E-state index contributed by atoms with van der Waals surface area (Å²) in [6.07, 6.45) is 2.39. The second kappa shape index (κ2) is 3.13. The number of rotatable bonds is 3. The molecule has 0 aromatic heterocycles. The summed E-state index contributed by atoms with van der Waals surface area (Å²) in [6, 6.07) is 10.5. The lowest BCUT2D eigenvalue weighted by atomic mass is 9.96. The average molecular weight is 177 g/mol. The normalized spacial score (nSPS) is 19.0. The summed E-state index contributed by atoms with van der Waals surface area (Å²) in [6.45, 7) is 0.747. The third-order valence-corrected chi connectivity index (χ3v) is 2.77. The van der Waals surface area contributed by atoms with Crippen LogP contribution in [0.5, 0.6) is 0 Å². The molecule has 0 spiro atoms. The number of hydroxylamine groups is 2. The van der Waals surface area contributed by atoms with E-state index in [1.54, 1.807) is 7.05 Å². The molecular formula is C11H15NO. The van der Waals surface area contributed by atoms with Crippen LogP contribution >= 0.6 is 0 Å². The lowest BCUT2D eigenvalue weighted by molar-refractivity contribution is -0.0718. The molecule has 1 fully saturated rings. The van der Waals surface area contributed by atoms with E-state index in [0.29, 0.717) is 0 Å². The minimum absolute atomic E-state index is 0.241. The van der Waals surface area contributed by atoms with Crippen molar-refractivity contribution in [3.05, 3.63) is 35.9 Å². The summed E-state index contributed by atoms with van der Waals surface area (Å²) < 4.78 is 0. The molecule has 1 saturated carbocycles. The summed E-state index contributed by atoms with van der Waals surface area (Å²) in [5, 5.41) is 10.5. The fourth-order valence-corrected chi connectivity index (χ4v) is 1.92. The van der Waals surface area contributed by atoms with E-state index in [1.165, 1.54) is 23.5 Å². The molecule has 1 N–H and O–H groups in total. The van der Waals surface area contributed by atoms with Crippen molar-refractivity contribution in [3.8, 4) is 0 Å². The molecule has 0 saturated heterocycles. The van der Waals surface area contributed by atoms with Gasteiger partial charge < -0.3 is 5.21 Å². The van der Waals surface area contributed by atoms with E-state index >= 15 is 0 Å². The molecule has 0 heterocycles. The van der Waals surface area contributed by atoms with Crippen molar-refractivity contribution in [1.82, 2.24) is 5.06 Å². The fourth-order valence-electron chi connectivity index (χ4n) is 1.92. The molecule has 0 amide bonds. The van der Waals surface area contributed by atoms with Crippen molar-refractivity contribution in [2.75, 3.05) is 13.6 Å². The van der Waals surface area contributed by atoms with Crippen molar-refractivity contribution in [1.29, 1.82) is 0 Å². The zero-order valence-corrected chi connectivity index (χ0v) is 7.90. The molecule has 70 valence electrons. The zero-order chi connectivity index (χ0) is 9.31. The maximum atomic E-state index is 9.22. The summed E-state index contributed by atoms with van der Waals surface area (Å²) >= 11 is 0. The smallest absolute Gasteiger partial charge is 0.0332 e. The zero-order valence-electron chi connectivity index (χ0n) is 7.90. The Morgan fingerprint density at radius 3 is 2.38 bits per heavy atom. The van der Waals surface area contributed by atoms with Gasteiger partial charge in [-0.1, -0.05) is 30.3 Å². The number of benzene rings is 1. The second-order valence-corrected chi connectivity index (χ2v) is 3.96. The van der Waals surface area contributed by atoms with Crippen LogP contribution in [-0.4, -0.2) is 23.9 Å². The van der Waals surface area contributed by atoms with E-state index in [-0.39, 0.29) is 5.41 Å². The van der Waals surface area contributed by atoms with Gasteiger partial charge in [-0.2, -0.15) is 5.06 Å². The molecule has 2 rings (SSSR count). The first kappa shape index (κ1) is 8.73. The van der Waals surface area contributed by atoms with Gasteiger partial charge in [0.1, 0.15) is 0 Å². The van der Waals surface area contributed by atoms with Crippen molar-refractivity contribution >= 4 is 0 Å². The second-order valence-electron chi connectivity index (χ2n) is 3.96. The Kier molecular flexibility index (Phi) is 2.10. The number of likely N-dealkylation sites (N-methyl/N-ethyl adjacent to an activating group) is 1. The highest BCUT2D eigenvalue weighted by molar-refractivity contribution is 5.31. The minimum atomic E-state index is 0.241. The van der Waals surface area contributed by atoms with Gasteiger partial charge in [-0.25, -0.2) is 0 Å². The number of hydrogen-bond acceptors (Lipinski definition) is 2. The van der Waals surface area contributed by atoms with E-state index in [0.717, 1.165) is 6.54 Å². The molecule has 1 aromatic carbocycles. The van der Waals surface area contributed by atoms with Crippen molar-refractivity contribution in [2.24, 2.45) is 0 Å². The van der Waals surface area contributed by atoms with Crippen LogP contribution in [0.2, 0.25) is 0 Å². The first-order chi connectivity index (χ1) is 6.23. The van der Waals surface area contributed by atoms with Gasteiger partial charge in [-0.3, -0.25) is 0 Å². The minimum Gasteiger partial charge on any atom is -0.314 e. The lowest BCUT2D eigenvalue weighted by Gasteiger charge is -2.18. The number of hydrogen-bond donors (Lipinski definition) is 1. The maximum Gasteiger partial charge on any atom is 0.0332 e. The summed E-state index contributed by atoms with van der Waals surface area (Å²) in [5.74, 6) is 0. The summed E-state index contributed by atoms with van der Waals surface area (Å²) in [4.78, 5) is 0. The van der Waals surface area contributed by atoms with Crippen LogP contribution in [0.1, 0.15) is 18.4 Å². The van der Waals surface area contributed by atoms with E-state index in [4.69, 9.17) is 0 Å². The van der Waals surface area contributed by atoms with E-state index in [9.17, 15) is 5.21 Å². The standard InChI is InChI=1S/C11H15NO/c1-12(13)9-11(7-8-11)10-5-3-2-4-6-10/h2-6,13H,7-9H2,1H3. The first-order valence-electron chi connectivity index (χ1n) is 4.68. The first-order valence-corrected chi connectivity index (χ1v) is 4.68. The van der Waals surface area contributed by atoms with Crippen LogP contribution in [0.4, 0.5) is 0 Å². The van der Waals surface area contributed by atoms with Crippen LogP contribution in [0.15, 0.2) is 30.3 Å². The van der Waals surface area contributed by atoms with Gasteiger partial charge >= 0.3 is 0 Å². The Balaban J connectivity index is 2.16. The van der Waals surface area contributed by atoms with E-state index in [2.05, 4.69) is 24.3 Å². The maximum absolute atomic E-state index is 9.22. The Bertz CT molecular complexity index is 277. The average Bonchev–Trinajstić information content (AvgIpc) is 2.86. The van der Waals surface area contributed by atoms with Crippen LogP contribution in [-0.2, 0) is 5.41 Å². The molecule has 13 heavy (non-hydrogen) atoms. The fraction of sp³-hybridized carbons (Fsp3) is 0.455. The SMILES string of the molecule is CN(O)CC1(c2ccccc2)CC1. The largest absolute Gasteiger partial charge is 0.314 e. The molecule has 0 aliphatic heterocycles. The van der Waals surface area contributed by atoms with Crippen molar-refractivity contribution in [3.63, 3.8) is 0 Å². The van der Waals surface area contributed by atoms with Gasteiger partial charge in [-0.05, 0) is 18.4 Å². The van der Waals surface area contributed by atoms with Crippen LogP contribution in [0.3, 0.4) is 0 Å².